The van der Waals surface area contributed by atoms with Crippen LogP contribution in [-0.4, -0.2) is 40.3 Å². The smallest absolute Gasteiger partial charge is 0.243 e. The van der Waals surface area contributed by atoms with E-state index in [1.54, 1.807) is 38.3 Å². The van der Waals surface area contributed by atoms with E-state index in [2.05, 4.69) is 5.32 Å². The van der Waals surface area contributed by atoms with Gasteiger partial charge in [0.25, 0.3) is 0 Å². The van der Waals surface area contributed by atoms with Crippen LogP contribution in [0.25, 0.3) is 0 Å². The van der Waals surface area contributed by atoms with Crippen molar-refractivity contribution in [3.8, 4) is 5.75 Å². The number of benzene rings is 2. The Morgan fingerprint density at radius 3 is 2.50 bits per heavy atom. The van der Waals surface area contributed by atoms with E-state index in [4.69, 9.17) is 16.3 Å². The first-order chi connectivity index (χ1) is 13.2. The predicted octanol–water partition coefficient (Wildman–Crippen LogP) is 3.25. The van der Waals surface area contributed by atoms with Crippen LogP contribution >= 0.6 is 11.6 Å². The third kappa shape index (κ3) is 6.14. The number of sulfonamides is 1. The maximum Gasteiger partial charge on any atom is 0.243 e. The number of amides is 1. The number of nitrogens with zero attached hydrogens (tertiary/aromatic N) is 1. The van der Waals surface area contributed by atoms with E-state index in [1.165, 1.54) is 0 Å². The normalized spacial score (nSPS) is 12.3. The third-order valence-corrected chi connectivity index (χ3v) is 5.74. The number of halogens is 1. The topological polar surface area (TPSA) is 75.7 Å². The van der Waals surface area contributed by atoms with Gasteiger partial charge in [0, 0.05) is 11.6 Å². The Bertz CT molecular complexity index is 901. The highest BCUT2D eigenvalue weighted by Gasteiger charge is 2.28. The zero-order valence-electron chi connectivity index (χ0n) is 16.2. The van der Waals surface area contributed by atoms with Crippen LogP contribution in [0.2, 0.25) is 5.02 Å². The van der Waals surface area contributed by atoms with E-state index in [0.29, 0.717) is 17.3 Å². The van der Waals surface area contributed by atoms with Crippen molar-refractivity contribution in [3.63, 3.8) is 0 Å². The third-order valence-electron chi connectivity index (χ3n) is 4.25. The minimum atomic E-state index is -3.64. The van der Waals surface area contributed by atoms with Gasteiger partial charge >= 0.3 is 0 Å². The molecule has 2 aromatic rings. The van der Waals surface area contributed by atoms with E-state index in [0.717, 1.165) is 34.7 Å². The Balaban J connectivity index is 1.96. The summed E-state index contributed by atoms with van der Waals surface area (Å²) in [5, 5.41) is 3.31. The van der Waals surface area contributed by atoms with Crippen LogP contribution in [0, 0.1) is 0 Å². The molecule has 28 heavy (non-hydrogen) atoms. The number of ether oxygens (including phenoxy) is 1. The average Bonchev–Trinajstić information content (AvgIpc) is 2.65. The summed E-state index contributed by atoms with van der Waals surface area (Å²) in [5.74, 6) is 0.438. The number of hydrogen-bond donors (Lipinski definition) is 1. The summed E-state index contributed by atoms with van der Waals surface area (Å²) in [7, 11) is -2.02. The van der Waals surface area contributed by atoms with Gasteiger partial charge in [-0.1, -0.05) is 23.7 Å². The molecule has 0 aliphatic rings. The van der Waals surface area contributed by atoms with E-state index >= 15 is 0 Å². The molecule has 1 amide bonds. The fraction of sp³-hybridized carbons (Fsp3) is 0.350. The van der Waals surface area contributed by atoms with E-state index in [9.17, 15) is 13.2 Å². The Morgan fingerprint density at radius 2 is 1.89 bits per heavy atom. The van der Waals surface area contributed by atoms with Crippen LogP contribution in [0.1, 0.15) is 18.9 Å². The fourth-order valence-electron chi connectivity index (χ4n) is 2.88. The van der Waals surface area contributed by atoms with E-state index in [-0.39, 0.29) is 5.91 Å². The van der Waals surface area contributed by atoms with Gasteiger partial charge in [-0.25, -0.2) is 8.42 Å². The van der Waals surface area contributed by atoms with Crippen molar-refractivity contribution in [2.75, 3.05) is 24.2 Å². The number of hydrogen-bond acceptors (Lipinski definition) is 4. The van der Waals surface area contributed by atoms with Gasteiger partial charge in [-0.2, -0.15) is 0 Å². The zero-order valence-corrected chi connectivity index (χ0v) is 17.8. The van der Waals surface area contributed by atoms with Crippen LogP contribution in [0.5, 0.6) is 5.75 Å². The van der Waals surface area contributed by atoms with E-state index in [1.807, 2.05) is 24.3 Å². The van der Waals surface area contributed by atoms with Crippen molar-refractivity contribution in [1.82, 2.24) is 5.32 Å². The number of aryl methyl sites for hydroxylation is 1. The number of carbonyl (C=O) groups excluding carboxylic acids is 1. The second-order valence-corrected chi connectivity index (χ2v) is 8.75. The number of nitrogens with one attached hydrogen (secondary N) is 1. The quantitative estimate of drug-likeness (QED) is 0.627. The highest BCUT2D eigenvalue weighted by Crippen LogP contribution is 2.23. The standard InChI is InChI=1S/C20H25ClN2O4S/c1-15(23(28(3,25)26)18-11-9-17(21)10-12-18)20(24)22-13-5-7-16-6-4-8-19(14-16)27-2/h4,6,8-12,14-15H,5,7,13H2,1-3H3,(H,22,24). The maximum absolute atomic E-state index is 12.5. The lowest BCUT2D eigenvalue weighted by atomic mass is 10.1. The predicted molar refractivity (Wildman–Crippen MR) is 113 cm³/mol. The highest BCUT2D eigenvalue weighted by molar-refractivity contribution is 7.92. The van der Waals surface area contributed by atoms with Crippen LogP contribution < -0.4 is 14.4 Å². The Kier molecular flexibility index (Phi) is 7.71. The Hall–Kier alpha value is -2.25. The molecule has 8 heteroatoms. The average molecular weight is 425 g/mol. The lowest BCUT2D eigenvalue weighted by molar-refractivity contribution is -0.121. The molecule has 6 nitrogen and oxygen atoms in total. The molecule has 152 valence electrons. The lowest BCUT2D eigenvalue weighted by Gasteiger charge is -2.28. The monoisotopic (exact) mass is 424 g/mol. The second-order valence-electron chi connectivity index (χ2n) is 6.46. The van der Waals surface area contributed by atoms with Gasteiger partial charge < -0.3 is 10.1 Å². The van der Waals surface area contributed by atoms with Crippen molar-refractivity contribution in [2.24, 2.45) is 0 Å². The molecule has 2 rings (SSSR count). The molecule has 0 spiro atoms. The van der Waals surface area contributed by atoms with Gasteiger partial charge in [0.15, 0.2) is 0 Å². The summed E-state index contributed by atoms with van der Waals surface area (Å²) >= 11 is 5.87. The van der Waals surface area contributed by atoms with Crippen molar-refractivity contribution in [1.29, 1.82) is 0 Å². The molecule has 0 saturated carbocycles. The number of rotatable bonds is 9. The number of carbonyl (C=O) groups is 1. The molecule has 0 aliphatic carbocycles. The summed E-state index contributed by atoms with van der Waals surface area (Å²) < 4.78 is 30.8. The van der Waals surface area contributed by atoms with Gasteiger partial charge in [-0.3, -0.25) is 9.10 Å². The summed E-state index contributed by atoms with van der Waals surface area (Å²) in [5.41, 5.74) is 1.51. The SMILES string of the molecule is COc1cccc(CCCNC(=O)C(C)N(c2ccc(Cl)cc2)S(C)(=O)=O)c1. The van der Waals surface area contributed by atoms with Crippen molar-refractivity contribution < 1.29 is 17.9 Å². The molecule has 0 fully saturated rings. The minimum Gasteiger partial charge on any atom is -0.497 e. The molecule has 0 saturated heterocycles. The summed E-state index contributed by atoms with van der Waals surface area (Å²) in [6, 6.07) is 13.2. The van der Waals surface area contributed by atoms with Gasteiger partial charge in [0.1, 0.15) is 11.8 Å². The second kappa shape index (κ2) is 9.80. The molecular formula is C20H25ClN2O4S. The van der Waals surface area contributed by atoms with E-state index < -0.39 is 16.1 Å². The van der Waals surface area contributed by atoms with Gasteiger partial charge in [-0.05, 0) is 61.7 Å². The molecule has 1 unspecified atom stereocenters. The van der Waals surface area contributed by atoms with Gasteiger partial charge in [0.2, 0.25) is 15.9 Å². The number of anilines is 1. The Morgan fingerprint density at radius 1 is 1.21 bits per heavy atom. The molecule has 0 bridgehead atoms. The first kappa shape index (κ1) is 22.0. The molecular weight excluding hydrogens is 400 g/mol. The molecule has 0 heterocycles. The molecule has 1 atom stereocenters. The molecule has 0 aromatic heterocycles. The van der Waals surface area contributed by atoms with Crippen molar-refractivity contribution >= 4 is 33.2 Å². The van der Waals surface area contributed by atoms with Crippen LogP contribution in [0.3, 0.4) is 0 Å². The number of methoxy groups -OCH3 is 1. The molecule has 0 radical (unpaired) electrons. The van der Waals surface area contributed by atoms with Crippen LogP contribution in [0.15, 0.2) is 48.5 Å². The fourth-order valence-corrected chi connectivity index (χ4v) is 4.18. The van der Waals surface area contributed by atoms with Gasteiger partial charge in [-0.15, -0.1) is 0 Å². The molecule has 1 N–H and O–H groups in total. The minimum absolute atomic E-state index is 0.356. The summed E-state index contributed by atoms with van der Waals surface area (Å²) in [4.78, 5) is 12.5. The summed E-state index contributed by atoms with van der Waals surface area (Å²) in [6.07, 6.45) is 2.58. The van der Waals surface area contributed by atoms with Crippen LogP contribution in [0.4, 0.5) is 5.69 Å². The Labute approximate surface area is 171 Å². The largest absolute Gasteiger partial charge is 0.497 e. The van der Waals surface area contributed by atoms with Crippen molar-refractivity contribution in [3.05, 3.63) is 59.1 Å². The summed E-state index contributed by atoms with van der Waals surface area (Å²) in [6.45, 7) is 2.01. The molecule has 0 aliphatic heterocycles. The van der Waals surface area contributed by atoms with Crippen LogP contribution in [-0.2, 0) is 21.2 Å². The zero-order chi connectivity index (χ0) is 20.7. The molecule has 2 aromatic carbocycles. The van der Waals surface area contributed by atoms with Crippen molar-refractivity contribution in [2.45, 2.75) is 25.8 Å². The first-order valence-corrected chi connectivity index (χ1v) is 11.1. The highest BCUT2D eigenvalue weighted by atomic mass is 35.5. The maximum atomic E-state index is 12.5. The first-order valence-electron chi connectivity index (χ1n) is 8.88. The van der Waals surface area contributed by atoms with Gasteiger partial charge in [0.05, 0.1) is 19.1 Å². The lowest BCUT2D eigenvalue weighted by Crippen LogP contribution is -2.48.